The molecule has 1 amide bonds. The van der Waals surface area contributed by atoms with E-state index in [1.54, 1.807) is 43.0 Å². The van der Waals surface area contributed by atoms with Crippen molar-refractivity contribution in [3.05, 3.63) is 107 Å². The Morgan fingerprint density at radius 1 is 0.975 bits per heavy atom. The third-order valence-corrected chi connectivity index (χ3v) is 6.22. The number of imidazole rings is 1. The van der Waals surface area contributed by atoms with Crippen molar-refractivity contribution in [3.63, 3.8) is 0 Å². The van der Waals surface area contributed by atoms with E-state index in [9.17, 15) is 18.0 Å². The summed E-state index contributed by atoms with van der Waals surface area (Å²) >= 11 is 5.78. The van der Waals surface area contributed by atoms with Crippen molar-refractivity contribution < 1.29 is 27.4 Å². The van der Waals surface area contributed by atoms with Crippen molar-refractivity contribution in [3.8, 4) is 17.3 Å². The van der Waals surface area contributed by atoms with Gasteiger partial charge in [0.25, 0.3) is 5.91 Å². The lowest BCUT2D eigenvalue weighted by molar-refractivity contribution is -0.137. The molecule has 5 aromatic rings. The molecule has 3 heterocycles. The normalized spacial score (nSPS) is 11.4. The topological polar surface area (TPSA) is 91.2 Å². The highest BCUT2D eigenvalue weighted by Crippen LogP contribution is 2.38. The van der Waals surface area contributed by atoms with Crippen molar-refractivity contribution in [1.82, 2.24) is 24.8 Å². The standard InChI is InChI=1S/C28H21ClF3N5O3/c29-25-22(28(30,31)32)9-11-34-27(25)40-13-12-39-21-6-4-20(5-7-21)37-17-36-23-14-19(3-8-24(23)37)26(38)35-16-18-2-1-10-33-15-18/h1-11,14-15,17H,12-13,16H2,(H,35,38). The van der Waals surface area contributed by atoms with Crippen LogP contribution >= 0.6 is 11.6 Å². The lowest BCUT2D eigenvalue weighted by atomic mass is 10.1. The van der Waals surface area contributed by atoms with E-state index in [2.05, 4.69) is 20.3 Å². The molecule has 0 saturated heterocycles. The molecule has 8 nitrogen and oxygen atoms in total. The first-order valence-corrected chi connectivity index (χ1v) is 12.4. The summed E-state index contributed by atoms with van der Waals surface area (Å²) in [5.41, 5.74) is 2.68. The van der Waals surface area contributed by atoms with Gasteiger partial charge in [-0.15, -0.1) is 0 Å². The summed E-state index contributed by atoms with van der Waals surface area (Å²) in [4.78, 5) is 24.8. The van der Waals surface area contributed by atoms with Crippen LogP contribution in [0.4, 0.5) is 13.2 Å². The number of halogens is 4. The van der Waals surface area contributed by atoms with E-state index >= 15 is 0 Å². The lowest BCUT2D eigenvalue weighted by Crippen LogP contribution is -2.22. The zero-order chi connectivity index (χ0) is 28.1. The number of hydrogen-bond acceptors (Lipinski definition) is 6. The monoisotopic (exact) mass is 567 g/mol. The number of pyridine rings is 2. The number of amides is 1. The number of benzene rings is 2. The number of nitrogens with zero attached hydrogens (tertiary/aromatic N) is 4. The van der Waals surface area contributed by atoms with Crippen LogP contribution in [0.5, 0.6) is 11.6 Å². The Morgan fingerprint density at radius 2 is 1.77 bits per heavy atom. The third kappa shape index (κ3) is 6.15. The number of aromatic nitrogens is 4. The molecule has 0 aliphatic carbocycles. The first kappa shape index (κ1) is 26.9. The van der Waals surface area contributed by atoms with Crippen LogP contribution in [0.15, 0.2) is 85.6 Å². The van der Waals surface area contributed by atoms with E-state index in [0.717, 1.165) is 29.0 Å². The highest BCUT2D eigenvalue weighted by molar-refractivity contribution is 6.32. The minimum Gasteiger partial charge on any atom is -0.490 e. The maximum Gasteiger partial charge on any atom is 0.418 e. The molecular formula is C28H21ClF3N5O3. The van der Waals surface area contributed by atoms with Crippen LogP contribution in [0.2, 0.25) is 5.02 Å². The molecule has 0 radical (unpaired) electrons. The van der Waals surface area contributed by atoms with Gasteiger partial charge in [0.15, 0.2) is 0 Å². The van der Waals surface area contributed by atoms with Crippen molar-refractivity contribution in [2.75, 3.05) is 13.2 Å². The number of alkyl halides is 3. The van der Waals surface area contributed by atoms with Crippen LogP contribution in [0, 0.1) is 0 Å². The van der Waals surface area contributed by atoms with Gasteiger partial charge in [0.1, 0.15) is 30.3 Å². The molecule has 0 aliphatic heterocycles. The van der Waals surface area contributed by atoms with Gasteiger partial charge in [0, 0.05) is 36.4 Å². The molecule has 12 heteroatoms. The van der Waals surface area contributed by atoms with Gasteiger partial charge in [-0.05, 0) is 60.2 Å². The fourth-order valence-corrected chi connectivity index (χ4v) is 4.17. The third-order valence-electron chi connectivity index (χ3n) is 5.85. The molecule has 0 fully saturated rings. The van der Waals surface area contributed by atoms with Crippen molar-refractivity contribution >= 4 is 28.5 Å². The Kier molecular flexibility index (Phi) is 7.83. The van der Waals surface area contributed by atoms with Crippen molar-refractivity contribution in [1.29, 1.82) is 0 Å². The van der Waals surface area contributed by atoms with Gasteiger partial charge in [-0.25, -0.2) is 9.97 Å². The number of hydrogen-bond donors (Lipinski definition) is 1. The number of ether oxygens (including phenoxy) is 2. The van der Waals surface area contributed by atoms with Gasteiger partial charge in [-0.3, -0.25) is 14.3 Å². The minimum absolute atomic E-state index is 0.0555. The predicted octanol–water partition coefficient (Wildman–Crippen LogP) is 5.88. The second-order valence-electron chi connectivity index (χ2n) is 8.53. The summed E-state index contributed by atoms with van der Waals surface area (Å²) in [5, 5.41) is 2.28. The minimum atomic E-state index is -4.60. The van der Waals surface area contributed by atoms with E-state index in [-0.39, 0.29) is 25.0 Å². The fraction of sp³-hybridized carbons (Fsp3) is 0.143. The van der Waals surface area contributed by atoms with Crippen LogP contribution in [0.1, 0.15) is 21.5 Å². The average Bonchev–Trinajstić information content (AvgIpc) is 3.38. The molecule has 0 saturated carbocycles. The summed E-state index contributed by atoms with van der Waals surface area (Å²) < 4.78 is 51.7. The van der Waals surface area contributed by atoms with Crippen molar-refractivity contribution in [2.24, 2.45) is 0 Å². The molecule has 0 aliphatic rings. The van der Waals surface area contributed by atoms with E-state index in [4.69, 9.17) is 21.1 Å². The van der Waals surface area contributed by atoms with Crippen molar-refractivity contribution in [2.45, 2.75) is 12.7 Å². The lowest BCUT2D eigenvalue weighted by Gasteiger charge is -2.13. The van der Waals surface area contributed by atoms with Crippen LogP contribution in [0.25, 0.3) is 16.7 Å². The Bertz CT molecular complexity index is 1630. The van der Waals surface area contributed by atoms with E-state index in [0.29, 0.717) is 23.4 Å². The Labute approximate surface area is 231 Å². The predicted molar refractivity (Wildman–Crippen MR) is 142 cm³/mol. The summed E-state index contributed by atoms with van der Waals surface area (Å²) in [6.07, 6.45) is 1.42. The van der Waals surface area contributed by atoms with Crippen LogP contribution in [-0.4, -0.2) is 38.6 Å². The SMILES string of the molecule is O=C(NCc1cccnc1)c1ccc2c(c1)ncn2-c1ccc(OCCOc2nccc(C(F)(F)F)c2Cl)cc1. The molecule has 0 spiro atoms. The van der Waals surface area contributed by atoms with Gasteiger partial charge in [-0.1, -0.05) is 17.7 Å². The van der Waals surface area contributed by atoms with Crippen LogP contribution < -0.4 is 14.8 Å². The summed E-state index contributed by atoms with van der Waals surface area (Å²) in [6.45, 7) is 0.378. The largest absolute Gasteiger partial charge is 0.490 e. The second-order valence-corrected chi connectivity index (χ2v) is 8.91. The first-order chi connectivity index (χ1) is 19.3. The smallest absolute Gasteiger partial charge is 0.418 e. The average molecular weight is 568 g/mol. The Balaban J connectivity index is 1.17. The van der Waals surface area contributed by atoms with E-state index in [1.807, 2.05) is 34.9 Å². The van der Waals surface area contributed by atoms with Gasteiger partial charge >= 0.3 is 6.18 Å². The Hall–Kier alpha value is -4.64. The maximum atomic E-state index is 13.0. The number of nitrogens with one attached hydrogen (secondary N) is 1. The summed E-state index contributed by atoms with van der Waals surface area (Å²) in [5.74, 6) is 0.0147. The molecule has 40 heavy (non-hydrogen) atoms. The molecule has 3 aromatic heterocycles. The molecule has 1 N–H and O–H groups in total. The summed E-state index contributed by atoms with van der Waals surface area (Å²) in [7, 11) is 0. The number of rotatable bonds is 9. The maximum absolute atomic E-state index is 13.0. The molecule has 0 unspecified atom stereocenters. The molecule has 2 aromatic carbocycles. The first-order valence-electron chi connectivity index (χ1n) is 12.0. The second kappa shape index (κ2) is 11.6. The number of carbonyl (C=O) groups is 1. The fourth-order valence-electron chi connectivity index (χ4n) is 3.89. The zero-order valence-electron chi connectivity index (χ0n) is 20.7. The van der Waals surface area contributed by atoms with Gasteiger partial charge in [0.2, 0.25) is 5.88 Å². The number of carbonyl (C=O) groups excluding carboxylic acids is 1. The van der Waals surface area contributed by atoms with Crippen LogP contribution in [-0.2, 0) is 12.7 Å². The highest BCUT2D eigenvalue weighted by atomic mass is 35.5. The Morgan fingerprint density at radius 3 is 2.52 bits per heavy atom. The molecule has 0 bridgehead atoms. The molecule has 204 valence electrons. The van der Waals surface area contributed by atoms with Gasteiger partial charge in [-0.2, -0.15) is 13.2 Å². The molecule has 5 rings (SSSR count). The van der Waals surface area contributed by atoms with E-state index in [1.165, 1.54) is 0 Å². The van der Waals surface area contributed by atoms with Crippen LogP contribution in [0.3, 0.4) is 0 Å². The number of fused-ring (bicyclic) bond motifs is 1. The quantitative estimate of drug-likeness (QED) is 0.224. The van der Waals surface area contributed by atoms with Gasteiger partial charge in [0.05, 0.1) is 16.6 Å². The molecule has 0 atom stereocenters. The summed E-state index contributed by atoms with van der Waals surface area (Å²) in [6, 6.07) is 16.9. The zero-order valence-corrected chi connectivity index (χ0v) is 21.5. The van der Waals surface area contributed by atoms with Gasteiger partial charge < -0.3 is 14.8 Å². The van der Waals surface area contributed by atoms with E-state index < -0.39 is 16.8 Å². The highest BCUT2D eigenvalue weighted by Gasteiger charge is 2.34. The molecular weight excluding hydrogens is 547 g/mol.